The minimum Gasteiger partial charge on any atom is -0.491 e. The first-order valence-corrected chi connectivity index (χ1v) is 8.19. The Labute approximate surface area is 128 Å². The first kappa shape index (κ1) is 14.4. The predicted octanol–water partition coefficient (Wildman–Crippen LogP) is 3.39. The zero-order chi connectivity index (χ0) is 14.5. The molecule has 1 aromatic heterocycles. The third-order valence-electron chi connectivity index (χ3n) is 3.71. The van der Waals surface area contributed by atoms with Gasteiger partial charge in [-0.2, -0.15) is 0 Å². The summed E-state index contributed by atoms with van der Waals surface area (Å²) in [6.45, 7) is 1.17. The van der Waals surface area contributed by atoms with Crippen molar-refractivity contribution in [2.75, 3.05) is 18.5 Å². The molecule has 21 heavy (non-hydrogen) atoms. The van der Waals surface area contributed by atoms with Gasteiger partial charge >= 0.3 is 0 Å². The third-order valence-corrected chi connectivity index (χ3v) is 4.87. The van der Waals surface area contributed by atoms with Crippen LogP contribution in [-0.4, -0.2) is 23.3 Å². The van der Waals surface area contributed by atoms with Crippen molar-refractivity contribution in [2.45, 2.75) is 31.7 Å². The molecule has 1 aromatic carbocycles. The number of hydrogen-bond donors (Lipinski definition) is 2. The Bertz CT molecular complexity index is 564. The third kappa shape index (κ3) is 3.74. The van der Waals surface area contributed by atoms with Crippen molar-refractivity contribution < 1.29 is 9.84 Å². The van der Waals surface area contributed by atoms with Crippen LogP contribution in [0.2, 0.25) is 0 Å². The second kappa shape index (κ2) is 6.91. The molecule has 1 saturated carbocycles. The fraction of sp³-hybridized carbons (Fsp3) is 0.438. The maximum atomic E-state index is 8.71. The van der Waals surface area contributed by atoms with Crippen LogP contribution in [-0.2, 0) is 6.54 Å². The number of hydrogen-bond acceptors (Lipinski definition) is 5. The lowest BCUT2D eigenvalue weighted by molar-refractivity contribution is 0.201. The van der Waals surface area contributed by atoms with E-state index in [0.717, 1.165) is 18.0 Å². The molecule has 1 fully saturated rings. The molecule has 1 heterocycles. The summed E-state index contributed by atoms with van der Waals surface area (Å²) in [6, 6.07) is 7.79. The Morgan fingerprint density at radius 3 is 2.76 bits per heavy atom. The van der Waals surface area contributed by atoms with Crippen LogP contribution in [0.15, 0.2) is 30.5 Å². The highest BCUT2D eigenvalue weighted by atomic mass is 32.1. The fourth-order valence-corrected chi connectivity index (χ4v) is 3.30. The highest BCUT2D eigenvalue weighted by molar-refractivity contribution is 7.11. The molecular formula is C16H20N2O2S. The second-order valence-electron chi connectivity index (χ2n) is 5.24. The molecule has 112 valence electrons. The molecule has 0 saturated heterocycles. The number of thiazole rings is 1. The Morgan fingerprint density at radius 2 is 2.10 bits per heavy atom. The van der Waals surface area contributed by atoms with Crippen LogP contribution in [0.1, 0.15) is 35.1 Å². The standard InChI is InChI=1S/C16H20N2O2S/c19-8-9-20-14-6-4-13(5-7-14)17-10-15-11-18-16(21-15)12-2-1-3-12/h4-7,11-12,17,19H,1-3,8-10H2. The Hall–Kier alpha value is -1.59. The summed E-state index contributed by atoms with van der Waals surface area (Å²) in [5.74, 6) is 1.49. The number of nitrogens with zero attached hydrogens (tertiary/aromatic N) is 1. The predicted molar refractivity (Wildman–Crippen MR) is 85.1 cm³/mol. The van der Waals surface area contributed by atoms with Crippen LogP contribution in [0.3, 0.4) is 0 Å². The summed E-state index contributed by atoms with van der Waals surface area (Å²) in [5, 5.41) is 13.4. The van der Waals surface area contributed by atoms with Gasteiger partial charge in [-0.1, -0.05) is 6.42 Å². The molecular weight excluding hydrogens is 284 g/mol. The first-order chi connectivity index (χ1) is 10.3. The summed E-state index contributed by atoms with van der Waals surface area (Å²) < 4.78 is 5.34. The smallest absolute Gasteiger partial charge is 0.119 e. The number of aliphatic hydroxyl groups is 1. The summed E-state index contributed by atoms with van der Waals surface area (Å²) in [6.07, 6.45) is 5.94. The largest absolute Gasteiger partial charge is 0.491 e. The van der Waals surface area contributed by atoms with E-state index in [1.54, 1.807) is 0 Å². The van der Waals surface area contributed by atoms with E-state index >= 15 is 0 Å². The van der Waals surface area contributed by atoms with Crippen LogP contribution < -0.4 is 10.1 Å². The van der Waals surface area contributed by atoms with E-state index in [9.17, 15) is 0 Å². The van der Waals surface area contributed by atoms with Crippen LogP contribution in [0.4, 0.5) is 5.69 Å². The molecule has 0 spiro atoms. The monoisotopic (exact) mass is 304 g/mol. The summed E-state index contributed by atoms with van der Waals surface area (Å²) in [5.41, 5.74) is 1.06. The molecule has 0 bridgehead atoms. The minimum absolute atomic E-state index is 0.0364. The van der Waals surface area contributed by atoms with Gasteiger partial charge in [-0.05, 0) is 37.1 Å². The van der Waals surface area contributed by atoms with Crippen molar-refractivity contribution in [3.05, 3.63) is 40.3 Å². The summed E-state index contributed by atoms with van der Waals surface area (Å²) in [7, 11) is 0. The number of benzene rings is 1. The van der Waals surface area contributed by atoms with Gasteiger partial charge in [0.1, 0.15) is 12.4 Å². The number of anilines is 1. The van der Waals surface area contributed by atoms with Crippen molar-refractivity contribution in [3.8, 4) is 5.75 Å². The SMILES string of the molecule is OCCOc1ccc(NCc2cnc(C3CCC3)s2)cc1. The maximum Gasteiger partial charge on any atom is 0.119 e. The molecule has 4 nitrogen and oxygen atoms in total. The topological polar surface area (TPSA) is 54.4 Å². The van der Waals surface area contributed by atoms with Gasteiger partial charge in [-0.3, -0.25) is 0 Å². The molecule has 5 heteroatoms. The van der Waals surface area contributed by atoms with Gasteiger partial charge in [0.15, 0.2) is 0 Å². The fourth-order valence-electron chi connectivity index (χ4n) is 2.27. The van der Waals surface area contributed by atoms with E-state index in [2.05, 4.69) is 10.3 Å². The lowest BCUT2D eigenvalue weighted by Gasteiger charge is -2.22. The van der Waals surface area contributed by atoms with Crippen LogP contribution >= 0.6 is 11.3 Å². The number of rotatable bonds is 7. The average molecular weight is 304 g/mol. The van der Waals surface area contributed by atoms with E-state index < -0.39 is 0 Å². The van der Waals surface area contributed by atoms with Gasteiger partial charge in [0.2, 0.25) is 0 Å². The molecule has 0 radical (unpaired) electrons. The molecule has 0 atom stereocenters. The number of nitrogens with one attached hydrogen (secondary N) is 1. The Kier molecular flexibility index (Phi) is 4.72. The molecule has 2 aromatic rings. The number of aromatic nitrogens is 1. The van der Waals surface area contributed by atoms with E-state index in [4.69, 9.17) is 9.84 Å². The lowest BCUT2D eigenvalue weighted by Crippen LogP contribution is -2.07. The van der Waals surface area contributed by atoms with Crippen LogP contribution in [0, 0.1) is 0 Å². The average Bonchev–Trinajstić information content (AvgIpc) is 2.90. The molecule has 3 rings (SSSR count). The minimum atomic E-state index is 0.0364. The van der Waals surface area contributed by atoms with Gasteiger partial charge in [-0.15, -0.1) is 11.3 Å². The van der Waals surface area contributed by atoms with Crippen LogP contribution in [0.5, 0.6) is 5.75 Å². The number of ether oxygens (including phenoxy) is 1. The Balaban J connectivity index is 1.51. The van der Waals surface area contributed by atoms with E-state index in [-0.39, 0.29) is 6.61 Å². The lowest BCUT2D eigenvalue weighted by atomic mass is 9.86. The Morgan fingerprint density at radius 1 is 1.29 bits per heavy atom. The van der Waals surface area contributed by atoms with Crippen molar-refractivity contribution >= 4 is 17.0 Å². The van der Waals surface area contributed by atoms with E-state index in [0.29, 0.717) is 12.5 Å². The van der Waals surface area contributed by atoms with Gasteiger partial charge in [0.05, 0.1) is 18.2 Å². The summed E-state index contributed by atoms with van der Waals surface area (Å²) in [4.78, 5) is 5.81. The van der Waals surface area contributed by atoms with Gasteiger partial charge in [-0.25, -0.2) is 4.98 Å². The van der Waals surface area contributed by atoms with Gasteiger partial charge in [0, 0.05) is 22.7 Å². The first-order valence-electron chi connectivity index (χ1n) is 7.37. The second-order valence-corrected chi connectivity index (χ2v) is 6.39. The highest BCUT2D eigenvalue weighted by Gasteiger charge is 2.22. The molecule has 2 N–H and O–H groups in total. The van der Waals surface area contributed by atoms with Crippen molar-refractivity contribution in [2.24, 2.45) is 0 Å². The van der Waals surface area contributed by atoms with Crippen molar-refractivity contribution in [1.29, 1.82) is 0 Å². The molecule has 1 aliphatic rings. The zero-order valence-electron chi connectivity index (χ0n) is 11.9. The van der Waals surface area contributed by atoms with Crippen molar-refractivity contribution in [3.63, 3.8) is 0 Å². The van der Waals surface area contributed by atoms with Crippen LogP contribution in [0.25, 0.3) is 0 Å². The quantitative estimate of drug-likeness (QED) is 0.823. The molecule has 0 amide bonds. The summed E-state index contributed by atoms with van der Waals surface area (Å²) >= 11 is 1.82. The highest BCUT2D eigenvalue weighted by Crippen LogP contribution is 2.38. The van der Waals surface area contributed by atoms with Gasteiger partial charge in [0.25, 0.3) is 0 Å². The zero-order valence-corrected chi connectivity index (χ0v) is 12.7. The van der Waals surface area contributed by atoms with Crippen molar-refractivity contribution in [1.82, 2.24) is 4.98 Å². The molecule has 1 aliphatic carbocycles. The van der Waals surface area contributed by atoms with Gasteiger partial charge < -0.3 is 15.2 Å². The van der Waals surface area contributed by atoms with E-state index in [1.807, 2.05) is 41.8 Å². The normalized spacial score (nSPS) is 14.7. The maximum absolute atomic E-state index is 8.71. The molecule has 0 unspecified atom stereocenters. The molecule has 0 aliphatic heterocycles. The van der Waals surface area contributed by atoms with E-state index in [1.165, 1.54) is 29.1 Å². The number of aliphatic hydroxyl groups excluding tert-OH is 1.